The molecule has 1 N–H and O–H groups in total. The van der Waals surface area contributed by atoms with Crippen LogP contribution in [0.3, 0.4) is 0 Å². The molecule has 0 aliphatic heterocycles. The van der Waals surface area contributed by atoms with Crippen molar-refractivity contribution in [3.8, 4) is 0 Å². The fourth-order valence-corrected chi connectivity index (χ4v) is 3.02. The number of nitrogens with one attached hydrogen (secondary N) is 1. The summed E-state index contributed by atoms with van der Waals surface area (Å²) in [6.45, 7) is 11.5. The van der Waals surface area contributed by atoms with E-state index in [2.05, 4.69) is 17.9 Å². The molecule has 0 saturated carbocycles. The van der Waals surface area contributed by atoms with Gasteiger partial charge in [0.25, 0.3) is 5.91 Å². The highest BCUT2D eigenvalue weighted by Crippen LogP contribution is 2.18. The largest absolute Gasteiger partial charge is 0.335 e. The molecule has 0 aromatic heterocycles. The molecule has 1 amide bonds. The van der Waals surface area contributed by atoms with E-state index in [1.807, 2.05) is 0 Å². The number of halogens is 1. The summed E-state index contributed by atoms with van der Waals surface area (Å²) in [4.78, 5) is 13.4. The molecule has 7 heteroatoms. The van der Waals surface area contributed by atoms with Crippen LogP contribution in [0.1, 0.15) is 24.2 Å². The van der Waals surface area contributed by atoms with Gasteiger partial charge in [-0.3, -0.25) is 4.79 Å². The molecule has 0 radical (unpaired) electrons. The number of hydrogen-bond acceptors (Lipinski definition) is 3. The van der Waals surface area contributed by atoms with Crippen molar-refractivity contribution < 1.29 is 17.6 Å². The van der Waals surface area contributed by atoms with Gasteiger partial charge in [0.2, 0.25) is 10.0 Å². The van der Waals surface area contributed by atoms with Gasteiger partial charge in [0.15, 0.2) is 0 Å². The first-order valence-corrected chi connectivity index (χ1v) is 8.55. The van der Waals surface area contributed by atoms with E-state index in [1.54, 1.807) is 13.8 Å². The predicted octanol–water partition coefficient (Wildman–Crippen LogP) is 2.33. The van der Waals surface area contributed by atoms with Crippen LogP contribution < -0.4 is 4.72 Å². The van der Waals surface area contributed by atoms with Gasteiger partial charge < -0.3 is 4.90 Å². The lowest BCUT2D eigenvalue weighted by Gasteiger charge is -2.21. The molecule has 0 heterocycles. The normalized spacial score (nSPS) is 11.1. The van der Waals surface area contributed by atoms with Gasteiger partial charge >= 0.3 is 0 Å². The van der Waals surface area contributed by atoms with E-state index >= 15 is 0 Å². The van der Waals surface area contributed by atoms with E-state index in [0.29, 0.717) is 13.1 Å². The molecule has 1 aromatic carbocycles. The van der Waals surface area contributed by atoms with Gasteiger partial charge in [0.05, 0.1) is 0 Å². The molecule has 0 saturated heterocycles. The molecule has 0 bridgehead atoms. The average molecular weight is 340 g/mol. The molecule has 23 heavy (non-hydrogen) atoms. The van der Waals surface area contributed by atoms with E-state index in [-0.39, 0.29) is 18.0 Å². The van der Waals surface area contributed by atoms with Gasteiger partial charge in [0.1, 0.15) is 10.7 Å². The van der Waals surface area contributed by atoms with Crippen LogP contribution in [0.15, 0.2) is 47.9 Å². The van der Waals surface area contributed by atoms with Crippen LogP contribution in [-0.2, 0) is 10.0 Å². The zero-order chi connectivity index (χ0) is 17.6. The Bertz CT molecular complexity index is 714. The van der Waals surface area contributed by atoms with E-state index in [4.69, 9.17) is 0 Å². The molecule has 0 atom stereocenters. The number of carbonyl (C=O) groups excluding carboxylic acids is 1. The summed E-state index contributed by atoms with van der Waals surface area (Å²) >= 11 is 0. The smallest absolute Gasteiger partial charge is 0.254 e. The zero-order valence-corrected chi connectivity index (χ0v) is 14.1. The highest BCUT2D eigenvalue weighted by atomic mass is 32.2. The minimum atomic E-state index is -4.05. The van der Waals surface area contributed by atoms with Crippen molar-refractivity contribution >= 4 is 15.9 Å². The number of likely N-dealkylation sites (N-methyl/N-ethyl adjacent to an activating group) is 1. The Balaban J connectivity index is 3.21. The summed E-state index contributed by atoms with van der Waals surface area (Å²) in [5.41, 5.74) is 0.899. The Hall–Kier alpha value is -1.99. The molecule has 0 unspecified atom stereocenters. The van der Waals surface area contributed by atoms with Crippen LogP contribution in [0.4, 0.5) is 4.39 Å². The Labute approximate surface area is 136 Å². The summed E-state index contributed by atoms with van der Waals surface area (Å²) in [6.07, 6.45) is 1.34. The maximum absolute atomic E-state index is 13.9. The van der Waals surface area contributed by atoms with Crippen molar-refractivity contribution in [1.82, 2.24) is 9.62 Å². The molecule has 0 aliphatic rings. The quantitative estimate of drug-likeness (QED) is 0.739. The third-order valence-corrected chi connectivity index (χ3v) is 4.45. The van der Waals surface area contributed by atoms with Crippen LogP contribution in [0, 0.1) is 5.82 Å². The van der Waals surface area contributed by atoms with Crippen LogP contribution in [0.2, 0.25) is 0 Å². The predicted molar refractivity (Wildman–Crippen MR) is 88.2 cm³/mol. The van der Waals surface area contributed by atoms with Gasteiger partial charge in [-0.1, -0.05) is 18.2 Å². The molecule has 126 valence electrons. The molecule has 0 aliphatic carbocycles. The fraction of sp³-hybridized carbons (Fsp3) is 0.312. The summed E-state index contributed by atoms with van der Waals surface area (Å²) in [5.74, 6) is -1.29. The van der Waals surface area contributed by atoms with E-state index < -0.39 is 20.7 Å². The molecule has 0 spiro atoms. The Morgan fingerprint density at radius 2 is 2.09 bits per heavy atom. The van der Waals surface area contributed by atoms with E-state index in [1.165, 1.54) is 17.0 Å². The second kappa shape index (κ2) is 8.03. The number of hydrogen-bond donors (Lipinski definition) is 1. The minimum absolute atomic E-state index is 0.0311. The number of benzene rings is 1. The molecular formula is C16H21FN2O3S. The van der Waals surface area contributed by atoms with Gasteiger partial charge in [-0.25, -0.2) is 17.5 Å². The Morgan fingerprint density at radius 3 is 2.61 bits per heavy atom. The summed E-state index contributed by atoms with van der Waals surface area (Å²) in [7, 11) is -4.05. The maximum atomic E-state index is 13.9. The van der Waals surface area contributed by atoms with Crippen molar-refractivity contribution in [2.45, 2.75) is 18.7 Å². The Kier molecular flexibility index (Phi) is 6.65. The lowest BCUT2D eigenvalue weighted by atomic mass is 10.2. The lowest BCUT2D eigenvalue weighted by molar-refractivity contribution is 0.0778. The lowest BCUT2D eigenvalue weighted by Crippen LogP contribution is -2.32. The minimum Gasteiger partial charge on any atom is -0.335 e. The topological polar surface area (TPSA) is 66.5 Å². The van der Waals surface area contributed by atoms with Crippen molar-refractivity contribution in [2.24, 2.45) is 0 Å². The van der Waals surface area contributed by atoms with E-state index in [9.17, 15) is 17.6 Å². The van der Waals surface area contributed by atoms with Crippen LogP contribution in [0.5, 0.6) is 0 Å². The van der Waals surface area contributed by atoms with Gasteiger partial charge in [0, 0.05) is 25.2 Å². The standard InChI is InChI=1S/C16H21FN2O3S/c1-5-9-18-23(21,22)15-10-13(7-8-14(15)17)16(20)19(6-2)11-12(3)4/h5,7-8,10,18H,1,3,6,9,11H2,2,4H3. The molecule has 5 nitrogen and oxygen atoms in total. The van der Waals surface area contributed by atoms with Crippen LogP contribution in [0.25, 0.3) is 0 Å². The van der Waals surface area contributed by atoms with E-state index in [0.717, 1.165) is 17.7 Å². The number of rotatable bonds is 8. The highest BCUT2D eigenvalue weighted by molar-refractivity contribution is 7.89. The molecule has 1 aromatic rings. The molecular weight excluding hydrogens is 319 g/mol. The van der Waals surface area contributed by atoms with Crippen molar-refractivity contribution in [1.29, 1.82) is 0 Å². The summed E-state index contributed by atoms with van der Waals surface area (Å²) < 4.78 is 40.2. The number of sulfonamides is 1. The van der Waals surface area contributed by atoms with Crippen molar-refractivity contribution in [3.63, 3.8) is 0 Å². The Morgan fingerprint density at radius 1 is 1.43 bits per heavy atom. The summed E-state index contributed by atoms with van der Waals surface area (Å²) in [5, 5.41) is 0. The summed E-state index contributed by atoms with van der Waals surface area (Å²) in [6, 6.07) is 3.29. The van der Waals surface area contributed by atoms with Crippen LogP contribution in [-0.4, -0.2) is 38.9 Å². The first kappa shape index (κ1) is 19.1. The van der Waals surface area contributed by atoms with Crippen LogP contribution >= 0.6 is 0 Å². The zero-order valence-electron chi connectivity index (χ0n) is 13.3. The number of nitrogens with zero attached hydrogens (tertiary/aromatic N) is 1. The second-order valence-electron chi connectivity index (χ2n) is 5.06. The van der Waals surface area contributed by atoms with Crippen molar-refractivity contribution in [2.75, 3.05) is 19.6 Å². The third-order valence-electron chi connectivity index (χ3n) is 3.02. The molecule has 0 fully saturated rings. The number of carbonyl (C=O) groups is 1. The molecule has 1 rings (SSSR count). The monoisotopic (exact) mass is 340 g/mol. The first-order valence-electron chi connectivity index (χ1n) is 7.06. The maximum Gasteiger partial charge on any atom is 0.254 e. The van der Waals surface area contributed by atoms with Gasteiger partial charge in [-0.2, -0.15) is 0 Å². The average Bonchev–Trinajstić information content (AvgIpc) is 2.50. The highest BCUT2D eigenvalue weighted by Gasteiger charge is 2.22. The third kappa shape index (κ3) is 5.01. The van der Waals surface area contributed by atoms with Gasteiger partial charge in [-0.05, 0) is 32.0 Å². The second-order valence-corrected chi connectivity index (χ2v) is 6.80. The fourth-order valence-electron chi connectivity index (χ4n) is 1.92. The van der Waals surface area contributed by atoms with Gasteiger partial charge in [-0.15, -0.1) is 6.58 Å². The first-order chi connectivity index (χ1) is 10.7. The SMILES string of the molecule is C=CCNS(=O)(=O)c1cc(C(=O)N(CC)CC(=C)C)ccc1F. The number of amides is 1. The van der Waals surface area contributed by atoms with Crippen molar-refractivity contribution in [3.05, 3.63) is 54.4 Å².